The van der Waals surface area contributed by atoms with E-state index in [1.807, 2.05) is 0 Å². The van der Waals surface area contributed by atoms with Crippen LogP contribution >= 0.6 is 11.6 Å². The van der Waals surface area contributed by atoms with Crippen LogP contribution in [0, 0.1) is 0 Å². The Bertz CT molecular complexity index is 214. The molecule has 0 spiro atoms. The molecule has 1 aliphatic rings. The minimum absolute atomic E-state index is 0.131. The number of hydrogen-bond donors (Lipinski definition) is 1. The first-order valence-corrected chi connectivity index (χ1v) is 4.81. The fourth-order valence-electron chi connectivity index (χ4n) is 1.07. The van der Waals surface area contributed by atoms with Crippen molar-refractivity contribution in [1.82, 2.24) is 5.32 Å². The average molecular weight is 204 g/mol. The van der Waals surface area contributed by atoms with Gasteiger partial charge in [-0.1, -0.05) is 6.08 Å². The molecule has 1 aliphatic heterocycles. The van der Waals surface area contributed by atoms with E-state index < -0.39 is 5.38 Å². The number of halogens is 1. The lowest BCUT2D eigenvalue weighted by molar-refractivity contribution is -0.120. The third-order valence-corrected chi connectivity index (χ3v) is 2.03. The van der Waals surface area contributed by atoms with E-state index in [4.69, 9.17) is 16.3 Å². The summed E-state index contributed by atoms with van der Waals surface area (Å²) in [4.78, 5) is 11.1. The fraction of sp³-hybridized carbons (Fsp3) is 0.667. The predicted octanol–water partition coefficient (Wildman–Crippen LogP) is 1.08. The Morgan fingerprint density at radius 2 is 2.62 bits per heavy atom. The standard InChI is InChI=1S/C9H14ClNO2/c1-7(10)9(12)11-5-8-3-2-4-13-6-8/h3,7H,2,4-6H2,1H3,(H,11,12). The van der Waals surface area contributed by atoms with Gasteiger partial charge in [-0.2, -0.15) is 0 Å². The summed E-state index contributed by atoms with van der Waals surface area (Å²) in [6, 6.07) is 0. The molecule has 3 nitrogen and oxygen atoms in total. The minimum Gasteiger partial charge on any atom is -0.377 e. The van der Waals surface area contributed by atoms with Crippen LogP contribution in [0.1, 0.15) is 13.3 Å². The van der Waals surface area contributed by atoms with Crippen LogP contribution in [0.5, 0.6) is 0 Å². The van der Waals surface area contributed by atoms with Crippen molar-refractivity contribution in [3.63, 3.8) is 0 Å². The molecule has 0 aromatic heterocycles. The summed E-state index contributed by atoms with van der Waals surface area (Å²) in [5.74, 6) is -0.131. The van der Waals surface area contributed by atoms with Crippen LogP contribution in [0.3, 0.4) is 0 Å². The number of carbonyl (C=O) groups excluding carboxylic acids is 1. The van der Waals surface area contributed by atoms with E-state index in [0.29, 0.717) is 13.2 Å². The van der Waals surface area contributed by atoms with Crippen LogP contribution < -0.4 is 5.32 Å². The third kappa shape index (κ3) is 3.79. The number of rotatable bonds is 3. The molecule has 1 unspecified atom stereocenters. The van der Waals surface area contributed by atoms with Crippen LogP contribution in [0.2, 0.25) is 0 Å². The van der Waals surface area contributed by atoms with Crippen molar-refractivity contribution >= 4 is 17.5 Å². The van der Waals surface area contributed by atoms with Crippen LogP contribution in [-0.2, 0) is 9.53 Å². The number of alkyl halides is 1. The molecule has 0 aromatic carbocycles. The highest BCUT2D eigenvalue weighted by atomic mass is 35.5. The fourth-order valence-corrected chi connectivity index (χ4v) is 1.15. The van der Waals surface area contributed by atoms with Crippen molar-refractivity contribution in [1.29, 1.82) is 0 Å². The molecule has 0 aromatic rings. The summed E-state index contributed by atoms with van der Waals surface area (Å²) in [6.07, 6.45) is 3.03. The molecule has 4 heteroatoms. The van der Waals surface area contributed by atoms with Crippen LogP contribution in [-0.4, -0.2) is 31.0 Å². The van der Waals surface area contributed by atoms with Gasteiger partial charge >= 0.3 is 0 Å². The smallest absolute Gasteiger partial charge is 0.238 e. The first kappa shape index (κ1) is 10.5. The quantitative estimate of drug-likeness (QED) is 0.551. The van der Waals surface area contributed by atoms with Gasteiger partial charge < -0.3 is 10.1 Å². The van der Waals surface area contributed by atoms with Gasteiger partial charge in [0.15, 0.2) is 0 Å². The first-order chi connectivity index (χ1) is 6.20. The minimum atomic E-state index is -0.467. The van der Waals surface area contributed by atoms with Crippen molar-refractivity contribution in [3.8, 4) is 0 Å². The summed E-state index contributed by atoms with van der Waals surface area (Å²) < 4.78 is 5.22. The number of hydrogen-bond acceptors (Lipinski definition) is 2. The van der Waals surface area contributed by atoms with Gasteiger partial charge in [-0.25, -0.2) is 0 Å². The predicted molar refractivity (Wildman–Crippen MR) is 51.8 cm³/mol. The zero-order chi connectivity index (χ0) is 9.68. The van der Waals surface area contributed by atoms with E-state index in [2.05, 4.69) is 11.4 Å². The van der Waals surface area contributed by atoms with Gasteiger partial charge in [0, 0.05) is 6.54 Å². The Kier molecular flexibility index (Phi) is 4.25. The summed E-state index contributed by atoms with van der Waals surface area (Å²) in [5, 5.41) is 2.27. The summed E-state index contributed by atoms with van der Waals surface area (Å²) in [5.41, 5.74) is 1.12. The van der Waals surface area contributed by atoms with Gasteiger partial charge in [0.05, 0.1) is 13.2 Å². The molecule has 0 fully saturated rings. The van der Waals surface area contributed by atoms with Gasteiger partial charge in [-0.05, 0) is 18.9 Å². The highest BCUT2D eigenvalue weighted by Crippen LogP contribution is 2.04. The van der Waals surface area contributed by atoms with Gasteiger partial charge in [-0.3, -0.25) is 4.79 Å². The number of nitrogens with one attached hydrogen (secondary N) is 1. The van der Waals surface area contributed by atoms with Crippen molar-refractivity contribution in [2.24, 2.45) is 0 Å². The van der Waals surface area contributed by atoms with Crippen molar-refractivity contribution in [2.45, 2.75) is 18.7 Å². The molecule has 1 amide bonds. The summed E-state index contributed by atoms with van der Waals surface area (Å²) in [6.45, 7) is 3.61. The first-order valence-electron chi connectivity index (χ1n) is 4.37. The van der Waals surface area contributed by atoms with Gasteiger partial charge in [-0.15, -0.1) is 11.6 Å². The molecule has 1 atom stereocenters. The highest BCUT2D eigenvalue weighted by Gasteiger charge is 2.09. The normalized spacial score (nSPS) is 19.1. The number of carbonyl (C=O) groups is 1. The molecule has 0 radical (unpaired) electrons. The maximum atomic E-state index is 11.1. The maximum Gasteiger partial charge on any atom is 0.238 e. The molecule has 1 heterocycles. The zero-order valence-electron chi connectivity index (χ0n) is 7.68. The second kappa shape index (κ2) is 5.25. The Morgan fingerprint density at radius 3 is 3.15 bits per heavy atom. The Balaban J connectivity index is 2.25. The molecule has 1 N–H and O–H groups in total. The molecular formula is C9H14ClNO2. The second-order valence-electron chi connectivity index (χ2n) is 3.04. The van der Waals surface area contributed by atoms with Crippen LogP contribution in [0.25, 0.3) is 0 Å². The lowest BCUT2D eigenvalue weighted by Crippen LogP contribution is -2.32. The molecule has 1 rings (SSSR count). The van der Waals surface area contributed by atoms with Gasteiger partial charge in [0.25, 0.3) is 0 Å². The van der Waals surface area contributed by atoms with Crippen LogP contribution in [0.15, 0.2) is 11.6 Å². The van der Waals surface area contributed by atoms with E-state index in [1.165, 1.54) is 0 Å². The molecular weight excluding hydrogens is 190 g/mol. The molecule has 0 saturated heterocycles. The molecule has 74 valence electrons. The molecule has 13 heavy (non-hydrogen) atoms. The number of ether oxygens (including phenoxy) is 1. The van der Waals surface area contributed by atoms with E-state index in [1.54, 1.807) is 6.92 Å². The van der Waals surface area contributed by atoms with Crippen LogP contribution in [0.4, 0.5) is 0 Å². The topological polar surface area (TPSA) is 38.3 Å². The van der Waals surface area contributed by atoms with Gasteiger partial charge in [0.2, 0.25) is 5.91 Å². The van der Waals surface area contributed by atoms with Crippen molar-refractivity contribution in [3.05, 3.63) is 11.6 Å². The third-order valence-electron chi connectivity index (χ3n) is 1.83. The largest absolute Gasteiger partial charge is 0.377 e. The number of amides is 1. The van der Waals surface area contributed by atoms with Crippen molar-refractivity contribution < 1.29 is 9.53 Å². The SMILES string of the molecule is CC(Cl)C(=O)NCC1=CCCOC1. The Morgan fingerprint density at radius 1 is 1.85 bits per heavy atom. The van der Waals surface area contributed by atoms with E-state index in [-0.39, 0.29) is 5.91 Å². The van der Waals surface area contributed by atoms with Gasteiger partial charge in [0.1, 0.15) is 5.38 Å². The molecule has 0 bridgehead atoms. The Labute approximate surface area is 83.1 Å². The van der Waals surface area contributed by atoms with E-state index >= 15 is 0 Å². The lowest BCUT2D eigenvalue weighted by atomic mass is 10.2. The maximum absolute atomic E-state index is 11.1. The zero-order valence-corrected chi connectivity index (χ0v) is 8.43. The average Bonchev–Trinajstić information content (AvgIpc) is 2.15. The lowest BCUT2D eigenvalue weighted by Gasteiger charge is -2.14. The summed E-state index contributed by atoms with van der Waals surface area (Å²) in [7, 11) is 0. The summed E-state index contributed by atoms with van der Waals surface area (Å²) >= 11 is 5.58. The second-order valence-corrected chi connectivity index (χ2v) is 3.69. The molecule has 0 aliphatic carbocycles. The highest BCUT2D eigenvalue weighted by molar-refractivity contribution is 6.30. The Hall–Kier alpha value is -0.540. The van der Waals surface area contributed by atoms with E-state index in [0.717, 1.165) is 18.6 Å². The monoisotopic (exact) mass is 203 g/mol. The van der Waals surface area contributed by atoms with Crippen molar-refractivity contribution in [2.75, 3.05) is 19.8 Å². The van der Waals surface area contributed by atoms with E-state index in [9.17, 15) is 4.79 Å². The molecule has 0 saturated carbocycles.